The Morgan fingerprint density at radius 1 is 1.23 bits per heavy atom. The van der Waals surface area contributed by atoms with Gasteiger partial charge in [-0.25, -0.2) is 0 Å². The summed E-state index contributed by atoms with van der Waals surface area (Å²) in [7, 11) is 0. The van der Waals surface area contributed by atoms with Gasteiger partial charge in [0.2, 0.25) is 0 Å². The van der Waals surface area contributed by atoms with Gasteiger partial charge in [0, 0.05) is 6.04 Å². The number of hydrazine groups is 1. The van der Waals surface area contributed by atoms with E-state index in [1.165, 1.54) is 11.1 Å². The van der Waals surface area contributed by atoms with Gasteiger partial charge >= 0.3 is 0 Å². The summed E-state index contributed by atoms with van der Waals surface area (Å²) in [6, 6.07) is 8.90. The molecule has 0 aliphatic carbocycles. The van der Waals surface area contributed by atoms with E-state index in [1.807, 2.05) is 0 Å². The topological polar surface area (TPSA) is 38.0 Å². The molecule has 0 aliphatic heterocycles. The third-order valence-corrected chi connectivity index (χ3v) is 2.40. The summed E-state index contributed by atoms with van der Waals surface area (Å²) in [6.45, 7) is 4.28. The Morgan fingerprint density at radius 3 is 2.23 bits per heavy atom. The van der Waals surface area contributed by atoms with E-state index in [0.29, 0.717) is 0 Å². The van der Waals surface area contributed by atoms with Crippen LogP contribution in [0.1, 0.15) is 37.4 Å². The first kappa shape index (κ1) is 10.2. The highest BCUT2D eigenvalue weighted by molar-refractivity contribution is 5.24. The van der Waals surface area contributed by atoms with Crippen molar-refractivity contribution in [2.75, 3.05) is 0 Å². The van der Waals surface area contributed by atoms with Crippen molar-refractivity contribution in [3.05, 3.63) is 35.4 Å². The third kappa shape index (κ3) is 2.54. The van der Waals surface area contributed by atoms with E-state index in [-0.39, 0.29) is 6.04 Å². The predicted octanol–water partition coefficient (Wildman–Crippen LogP) is 2.16. The lowest BCUT2D eigenvalue weighted by Gasteiger charge is -2.13. The van der Waals surface area contributed by atoms with Crippen LogP contribution in [0.3, 0.4) is 0 Å². The minimum Gasteiger partial charge on any atom is -0.271 e. The van der Waals surface area contributed by atoms with Crippen LogP contribution in [0, 0.1) is 0 Å². The molecule has 13 heavy (non-hydrogen) atoms. The number of hydrogen-bond donors (Lipinski definition) is 2. The van der Waals surface area contributed by atoms with Crippen LogP contribution in [-0.2, 0) is 6.42 Å². The van der Waals surface area contributed by atoms with Crippen molar-refractivity contribution in [2.24, 2.45) is 5.84 Å². The maximum atomic E-state index is 5.44. The Morgan fingerprint density at radius 2 is 1.85 bits per heavy atom. The monoisotopic (exact) mass is 178 g/mol. The van der Waals surface area contributed by atoms with Crippen LogP contribution in [0.15, 0.2) is 24.3 Å². The lowest BCUT2D eigenvalue weighted by molar-refractivity contribution is 0.539. The summed E-state index contributed by atoms with van der Waals surface area (Å²) in [4.78, 5) is 0. The molecule has 72 valence electrons. The van der Waals surface area contributed by atoms with Gasteiger partial charge in [0.1, 0.15) is 0 Å². The normalized spacial score (nSPS) is 12.8. The molecule has 0 aromatic heterocycles. The number of aryl methyl sites for hydroxylation is 1. The van der Waals surface area contributed by atoms with Gasteiger partial charge in [-0.05, 0) is 24.0 Å². The molecule has 2 heteroatoms. The van der Waals surface area contributed by atoms with Gasteiger partial charge in [-0.3, -0.25) is 11.3 Å². The Balaban J connectivity index is 2.78. The largest absolute Gasteiger partial charge is 0.271 e. The van der Waals surface area contributed by atoms with Crippen molar-refractivity contribution in [1.82, 2.24) is 5.43 Å². The number of rotatable bonds is 4. The molecule has 0 radical (unpaired) electrons. The van der Waals surface area contributed by atoms with Crippen molar-refractivity contribution >= 4 is 0 Å². The van der Waals surface area contributed by atoms with Crippen LogP contribution in [0.4, 0.5) is 0 Å². The summed E-state index contributed by atoms with van der Waals surface area (Å²) in [5.41, 5.74) is 5.44. The second-order valence-corrected chi connectivity index (χ2v) is 3.22. The molecule has 0 saturated carbocycles. The lowest BCUT2D eigenvalue weighted by atomic mass is 10.0. The average molecular weight is 178 g/mol. The molecule has 0 bridgehead atoms. The van der Waals surface area contributed by atoms with Gasteiger partial charge in [-0.15, -0.1) is 0 Å². The summed E-state index contributed by atoms with van der Waals surface area (Å²) < 4.78 is 0. The first-order chi connectivity index (χ1) is 6.31. The van der Waals surface area contributed by atoms with Gasteiger partial charge in [-0.2, -0.15) is 0 Å². The van der Waals surface area contributed by atoms with Gasteiger partial charge in [0.25, 0.3) is 0 Å². The minimum atomic E-state index is 0.283. The average Bonchev–Trinajstić information content (AvgIpc) is 2.21. The maximum absolute atomic E-state index is 5.44. The summed E-state index contributed by atoms with van der Waals surface area (Å²) in [6.07, 6.45) is 2.11. The number of hydrogen-bond acceptors (Lipinski definition) is 2. The summed E-state index contributed by atoms with van der Waals surface area (Å²) >= 11 is 0. The summed E-state index contributed by atoms with van der Waals surface area (Å²) in [5, 5.41) is 0. The molecule has 0 amide bonds. The van der Waals surface area contributed by atoms with Crippen molar-refractivity contribution < 1.29 is 0 Å². The van der Waals surface area contributed by atoms with Crippen LogP contribution in [0.25, 0.3) is 0 Å². The van der Waals surface area contributed by atoms with Gasteiger partial charge < -0.3 is 0 Å². The first-order valence-electron chi connectivity index (χ1n) is 4.86. The van der Waals surface area contributed by atoms with Crippen LogP contribution < -0.4 is 11.3 Å². The van der Waals surface area contributed by atoms with E-state index >= 15 is 0 Å². The highest BCUT2D eigenvalue weighted by Gasteiger charge is 2.05. The number of nitrogens with one attached hydrogen (secondary N) is 1. The Bertz CT molecular complexity index is 237. The minimum absolute atomic E-state index is 0.283. The molecule has 2 nitrogen and oxygen atoms in total. The molecular formula is C11H18N2. The zero-order valence-electron chi connectivity index (χ0n) is 8.38. The van der Waals surface area contributed by atoms with Crippen LogP contribution in [-0.4, -0.2) is 0 Å². The number of benzene rings is 1. The van der Waals surface area contributed by atoms with Gasteiger partial charge in [0.15, 0.2) is 0 Å². The van der Waals surface area contributed by atoms with Gasteiger partial charge in [0.05, 0.1) is 0 Å². The Kier molecular flexibility index (Phi) is 3.93. The molecule has 0 unspecified atom stereocenters. The quantitative estimate of drug-likeness (QED) is 0.547. The highest BCUT2D eigenvalue weighted by Crippen LogP contribution is 2.16. The third-order valence-electron chi connectivity index (χ3n) is 2.40. The molecule has 0 spiro atoms. The molecular weight excluding hydrogens is 160 g/mol. The zero-order valence-corrected chi connectivity index (χ0v) is 8.38. The van der Waals surface area contributed by atoms with E-state index in [9.17, 15) is 0 Å². The van der Waals surface area contributed by atoms with Crippen LogP contribution >= 0.6 is 0 Å². The SMILES string of the molecule is CCc1ccc([C@H](CC)NN)cc1. The lowest BCUT2D eigenvalue weighted by Crippen LogP contribution is -2.27. The predicted molar refractivity (Wildman–Crippen MR) is 56.2 cm³/mol. The fourth-order valence-electron chi connectivity index (χ4n) is 1.44. The maximum Gasteiger partial charge on any atom is 0.0457 e. The second kappa shape index (κ2) is 5.00. The van der Waals surface area contributed by atoms with E-state index in [0.717, 1.165) is 12.8 Å². The molecule has 1 atom stereocenters. The molecule has 3 N–H and O–H groups in total. The fourth-order valence-corrected chi connectivity index (χ4v) is 1.44. The molecule has 1 aromatic rings. The van der Waals surface area contributed by atoms with E-state index < -0.39 is 0 Å². The molecule has 0 fully saturated rings. The van der Waals surface area contributed by atoms with Crippen molar-refractivity contribution in [3.63, 3.8) is 0 Å². The molecule has 0 saturated heterocycles. The standard InChI is InChI=1S/C11H18N2/c1-3-9-5-7-10(8-6-9)11(4-2)13-12/h5-8,11,13H,3-4,12H2,1-2H3/t11-/m0/s1. The molecule has 0 heterocycles. The second-order valence-electron chi connectivity index (χ2n) is 3.22. The van der Waals surface area contributed by atoms with E-state index in [2.05, 4.69) is 43.5 Å². The zero-order chi connectivity index (χ0) is 9.68. The van der Waals surface area contributed by atoms with Crippen molar-refractivity contribution in [2.45, 2.75) is 32.7 Å². The van der Waals surface area contributed by atoms with Gasteiger partial charge in [-0.1, -0.05) is 38.1 Å². The fraction of sp³-hybridized carbons (Fsp3) is 0.455. The Labute approximate surface area is 80.1 Å². The highest BCUT2D eigenvalue weighted by atomic mass is 15.2. The van der Waals surface area contributed by atoms with Crippen LogP contribution in [0.2, 0.25) is 0 Å². The Hall–Kier alpha value is -0.860. The molecule has 1 aromatic carbocycles. The molecule has 1 rings (SSSR count). The smallest absolute Gasteiger partial charge is 0.0457 e. The van der Waals surface area contributed by atoms with E-state index in [1.54, 1.807) is 0 Å². The van der Waals surface area contributed by atoms with Crippen molar-refractivity contribution in [3.8, 4) is 0 Å². The van der Waals surface area contributed by atoms with Crippen LogP contribution in [0.5, 0.6) is 0 Å². The number of nitrogens with two attached hydrogens (primary N) is 1. The molecule has 0 aliphatic rings. The first-order valence-corrected chi connectivity index (χ1v) is 4.86. The summed E-state index contributed by atoms with van der Waals surface area (Å²) in [5.74, 6) is 5.44. The van der Waals surface area contributed by atoms with E-state index in [4.69, 9.17) is 5.84 Å². The van der Waals surface area contributed by atoms with Crippen molar-refractivity contribution in [1.29, 1.82) is 0 Å².